The number of furan rings is 1. The minimum absolute atomic E-state index is 0.0394. The standard InChI is InChI=1S/C27H33N3O5S/c1-6-34-25(31)24-19(4)36-23(29-24)16-30(13-7-8-20-14-17(2)18(3)35-20)26(32)27(11-12-27)22-10-9-21(33-5)15-28-22/h9-10,14-15H,6-8,11-13,16H2,1-5H3. The predicted molar refractivity (Wildman–Crippen MR) is 136 cm³/mol. The van der Waals surface area contributed by atoms with Crippen molar-refractivity contribution in [3.8, 4) is 5.75 Å². The number of nitrogens with zero attached hydrogens (tertiary/aromatic N) is 3. The molecule has 1 aliphatic rings. The molecule has 9 heteroatoms. The number of aryl methyl sites for hydroxylation is 4. The molecule has 192 valence electrons. The van der Waals surface area contributed by atoms with Gasteiger partial charge in [-0.1, -0.05) is 0 Å². The van der Waals surface area contributed by atoms with E-state index >= 15 is 0 Å². The van der Waals surface area contributed by atoms with Crippen LogP contribution in [-0.2, 0) is 27.9 Å². The molecular weight excluding hydrogens is 478 g/mol. The van der Waals surface area contributed by atoms with Gasteiger partial charge in [0.2, 0.25) is 5.91 Å². The Morgan fingerprint density at radius 1 is 1.22 bits per heavy atom. The van der Waals surface area contributed by atoms with Crippen molar-refractivity contribution in [1.29, 1.82) is 0 Å². The summed E-state index contributed by atoms with van der Waals surface area (Å²) in [6, 6.07) is 5.78. The lowest BCUT2D eigenvalue weighted by Gasteiger charge is -2.26. The number of methoxy groups -OCH3 is 1. The van der Waals surface area contributed by atoms with Gasteiger partial charge in [0.05, 0.1) is 37.6 Å². The SMILES string of the molecule is CCOC(=O)c1nc(CN(CCCc2cc(C)c(C)o2)C(=O)C2(c3ccc(OC)cn3)CC2)sc1C. The van der Waals surface area contributed by atoms with Crippen LogP contribution in [-0.4, -0.2) is 47.0 Å². The van der Waals surface area contributed by atoms with Gasteiger partial charge in [-0.15, -0.1) is 11.3 Å². The first-order chi connectivity index (χ1) is 17.3. The Labute approximate surface area is 215 Å². The average molecular weight is 512 g/mol. The first-order valence-electron chi connectivity index (χ1n) is 12.3. The van der Waals surface area contributed by atoms with Crippen molar-refractivity contribution in [1.82, 2.24) is 14.9 Å². The second kappa shape index (κ2) is 10.8. The van der Waals surface area contributed by atoms with E-state index in [0.717, 1.165) is 53.3 Å². The second-order valence-corrected chi connectivity index (χ2v) is 10.5. The Bertz CT molecular complexity index is 1210. The van der Waals surface area contributed by atoms with Gasteiger partial charge in [0.25, 0.3) is 0 Å². The van der Waals surface area contributed by atoms with Crippen LogP contribution < -0.4 is 4.74 Å². The molecule has 0 aromatic carbocycles. The molecule has 0 unspecified atom stereocenters. The van der Waals surface area contributed by atoms with E-state index in [0.29, 0.717) is 36.1 Å². The number of ether oxygens (including phenoxy) is 2. The van der Waals surface area contributed by atoms with E-state index in [9.17, 15) is 9.59 Å². The maximum Gasteiger partial charge on any atom is 0.358 e. The molecule has 1 fully saturated rings. The zero-order valence-electron chi connectivity index (χ0n) is 21.6. The van der Waals surface area contributed by atoms with E-state index < -0.39 is 11.4 Å². The summed E-state index contributed by atoms with van der Waals surface area (Å²) in [7, 11) is 1.60. The molecule has 0 saturated heterocycles. The van der Waals surface area contributed by atoms with Crippen LogP contribution in [0.1, 0.15) is 69.3 Å². The first kappa shape index (κ1) is 25.9. The molecular formula is C27H33N3O5S. The molecule has 3 aromatic heterocycles. The number of rotatable bonds is 11. The lowest BCUT2D eigenvalue weighted by Crippen LogP contribution is -2.40. The van der Waals surface area contributed by atoms with Gasteiger partial charge in [-0.05, 0) is 70.7 Å². The van der Waals surface area contributed by atoms with E-state index in [1.54, 1.807) is 20.2 Å². The van der Waals surface area contributed by atoms with Crippen LogP contribution in [0.2, 0.25) is 0 Å². The molecule has 0 bridgehead atoms. The quantitative estimate of drug-likeness (QED) is 0.337. The van der Waals surface area contributed by atoms with Crippen LogP contribution in [0.25, 0.3) is 0 Å². The maximum absolute atomic E-state index is 13.9. The van der Waals surface area contributed by atoms with Gasteiger partial charge in [-0.25, -0.2) is 9.78 Å². The summed E-state index contributed by atoms with van der Waals surface area (Å²) < 4.78 is 16.2. The smallest absolute Gasteiger partial charge is 0.358 e. The van der Waals surface area contributed by atoms with E-state index in [-0.39, 0.29) is 5.91 Å². The number of thiazole rings is 1. The van der Waals surface area contributed by atoms with Crippen molar-refractivity contribution in [2.45, 2.75) is 65.3 Å². The van der Waals surface area contributed by atoms with Gasteiger partial charge in [-0.2, -0.15) is 0 Å². The molecule has 1 amide bonds. The molecule has 0 aliphatic heterocycles. The number of pyridine rings is 1. The average Bonchev–Trinajstić information content (AvgIpc) is 3.50. The highest BCUT2D eigenvalue weighted by molar-refractivity contribution is 7.11. The van der Waals surface area contributed by atoms with Crippen molar-refractivity contribution in [2.24, 2.45) is 0 Å². The van der Waals surface area contributed by atoms with Gasteiger partial charge >= 0.3 is 5.97 Å². The molecule has 0 spiro atoms. The van der Waals surface area contributed by atoms with E-state index in [2.05, 4.69) is 16.0 Å². The van der Waals surface area contributed by atoms with Crippen LogP contribution in [0.15, 0.2) is 28.8 Å². The highest BCUT2D eigenvalue weighted by Gasteiger charge is 2.54. The monoisotopic (exact) mass is 511 g/mol. The summed E-state index contributed by atoms with van der Waals surface area (Å²) in [4.78, 5) is 37.9. The summed E-state index contributed by atoms with van der Waals surface area (Å²) in [5.41, 5.74) is 1.59. The summed E-state index contributed by atoms with van der Waals surface area (Å²) in [5.74, 6) is 2.11. The van der Waals surface area contributed by atoms with Crippen LogP contribution >= 0.6 is 11.3 Å². The third kappa shape index (κ3) is 5.46. The molecule has 1 aliphatic carbocycles. The number of esters is 1. The summed E-state index contributed by atoms with van der Waals surface area (Å²) >= 11 is 1.42. The molecule has 8 nitrogen and oxygen atoms in total. The van der Waals surface area contributed by atoms with E-state index in [1.807, 2.05) is 37.8 Å². The summed E-state index contributed by atoms with van der Waals surface area (Å²) in [6.07, 6.45) is 4.65. The first-order valence-corrected chi connectivity index (χ1v) is 13.1. The van der Waals surface area contributed by atoms with E-state index in [4.69, 9.17) is 13.9 Å². The molecule has 3 aromatic rings. The van der Waals surface area contributed by atoms with Crippen molar-refractivity contribution in [3.63, 3.8) is 0 Å². The lowest BCUT2D eigenvalue weighted by atomic mass is 9.99. The molecule has 3 heterocycles. The van der Waals surface area contributed by atoms with Crippen LogP contribution in [0.4, 0.5) is 0 Å². The summed E-state index contributed by atoms with van der Waals surface area (Å²) in [5, 5.41) is 0.715. The Balaban J connectivity index is 1.54. The second-order valence-electron chi connectivity index (χ2n) is 9.18. The molecule has 0 N–H and O–H groups in total. The molecule has 1 saturated carbocycles. The van der Waals surface area contributed by atoms with Gasteiger partial charge in [-0.3, -0.25) is 9.78 Å². The van der Waals surface area contributed by atoms with Gasteiger partial charge in [0.1, 0.15) is 22.3 Å². The topological polar surface area (TPSA) is 94.8 Å². The zero-order valence-corrected chi connectivity index (χ0v) is 22.4. The molecule has 0 radical (unpaired) electrons. The Kier molecular flexibility index (Phi) is 7.78. The zero-order chi connectivity index (χ0) is 25.9. The molecule has 4 rings (SSSR count). The van der Waals surface area contributed by atoms with Crippen molar-refractivity contribution < 1.29 is 23.5 Å². The number of carbonyl (C=O) groups is 2. The normalized spacial score (nSPS) is 13.9. The number of hydrogen-bond donors (Lipinski definition) is 0. The van der Waals surface area contributed by atoms with Crippen molar-refractivity contribution >= 4 is 23.2 Å². The predicted octanol–water partition coefficient (Wildman–Crippen LogP) is 4.93. The largest absolute Gasteiger partial charge is 0.495 e. The fraction of sp³-hybridized carbons (Fsp3) is 0.481. The number of carbonyl (C=O) groups excluding carboxylic acids is 2. The Morgan fingerprint density at radius 3 is 2.58 bits per heavy atom. The van der Waals surface area contributed by atoms with E-state index in [1.165, 1.54) is 11.3 Å². The third-order valence-corrected chi connectivity index (χ3v) is 7.57. The van der Waals surface area contributed by atoms with Gasteiger partial charge < -0.3 is 18.8 Å². The highest BCUT2D eigenvalue weighted by atomic mass is 32.1. The van der Waals surface area contributed by atoms with Crippen LogP contribution in [0.3, 0.4) is 0 Å². The van der Waals surface area contributed by atoms with Crippen molar-refractivity contribution in [3.05, 3.63) is 62.8 Å². The maximum atomic E-state index is 13.9. The number of hydrogen-bond acceptors (Lipinski definition) is 8. The lowest BCUT2D eigenvalue weighted by molar-refractivity contribution is -0.134. The van der Waals surface area contributed by atoms with Gasteiger partial charge in [0.15, 0.2) is 5.69 Å². The molecule has 36 heavy (non-hydrogen) atoms. The fourth-order valence-corrected chi connectivity index (χ4v) is 5.27. The Hall–Kier alpha value is -3.20. The van der Waals surface area contributed by atoms with Gasteiger partial charge in [0, 0.05) is 17.8 Å². The third-order valence-electron chi connectivity index (χ3n) is 6.61. The number of aromatic nitrogens is 2. The van der Waals surface area contributed by atoms with Crippen LogP contribution in [0, 0.1) is 20.8 Å². The highest BCUT2D eigenvalue weighted by Crippen LogP contribution is 2.49. The van der Waals surface area contributed by atoms with Crippen molar-refractivity contribution in [2.75, 3.05) is 20.3 Å². The fourth-order valence-electron chi connectivity index (χ4n) is 4.33. The molecule has 0 atom stereocenters. The number of amides is 1. The summed E-state index contributed by atoms with van der Waals surface area (Å²) in [6.45, 7) is 8.78. The minimum atomic E-state index is -0.625. The van der Waals surface area contributed by atoms with Crippen LogP contribution in [0.5, 0.6) is 5.75 Å². The minimum Gasteiger partial charge on any atom is -0.495 e. The Morgan fingerprint density at radius 2 is 2.00 bits per heavy atom.